The molecule has 0 saturated heterocycles. The van der Waals surface area contributed by atoms with E-state index in [1.54, 1.807) is 4.90 Å². The number of hydrogen-bond acceptors (Lipinski definition) is 3. The van der Waals surface area contributed by atoms with Crippen LogP contribution in [0.2, 0.25) is 0 Å². The average Bonchev–Trinajstić information content (AvgIpc) is 2.61. The lowest BCUT2D eigenvalue weighted by atomic mass is 9.93. The van der Waals surface area contributed by atoms with Crippen LogP contribution >= 0.6 is 0 Å². The van der Waals surface area contributed by atoms with E-state index in [1.807, 2.05) is 30.3 Å². The number of nitrogens with zero attached hydrogens (tertiary/aromatic N) is 1. The van der Waals surface area contributed by atoms with E-state index in [4.69, 9.17) is 4.74 Å². The lowest BCUT2D eigenvalue weighted by Crippen LogP contribution is -2.45. The van der Waals surface area contributed by atoms with Crippen LogP contribution in [0.3, 0.4) is 0 Å². The zero-order chi connectivity index (χ0) is 18.0. The Morgan fingerprint density at radius 3 is 2.56 bits per heavy atom. The second-order valence-corrected chi connectivity index (χ2v) is 6.03. The van der Waals surface area contributed by atoms with Crippen LogP contribution in [0.15, 0.2) is 48.5 Å². The van der Waals surface area contributed by atoms with Crippen LogP contribution in [0, 0.1) is 0 Å². The number of ether oxygens (including phenoxy) is 1. The number of alkyl halides is 3. The van der Waals surface area contributed by atoms with Crippen molar-refractivity contribution in [3.8, 4) is 0 Å². The van der Waals surface area contributed by atoms with E-state index < -0.39 is 23.8 Å². The first-order chi connectivity index (χ1) is 11.9. The van der Waals surface area contributed by atoms with Gasteiger partial charge in [0.15, 0.2) is 0 Å². The molecule has 132 valence electrons. The molecule has 1 aliphatic heterocycles. The zero-order valence-electron chi connectivity index (χ0n) is 13.7. The third kappa shape index (κ3) is 3.62. The maximum atomic E-state index is 13.1. The van der Waals surface area contributed by atoms with Crippen molar-refractivity contribution >= 4 is 11.7 Å². The first-order valence-corrected chi connectivity index (χ1v) is 7.98. The fourth-order valence-corrected chi connectivity index (χ4v) is 3.19. The third-order valence-corrected chi connectivity index (χ3v) is 4.45. The van der Waals surface area contributed by atoms with Gasteiger partial charge in [0.25, 0.3) is 0 Å². The van der Waals surface area contributed by atoms with Gasteiger partial charge in [-0.1, -0.05) is 36.4 Å². The number of benzene rings is 2. The van der Waals surface area contributed by atoms with E-state index in [0.29, 0.717) is 25.1 Å². The van der Waals surface area contributed by atoms with Gasteiger partial charge >= 0.3 is 12.1 Å². The summed E-state index contributed by atoms with van der Waals surface area (Å²) in [4.78, 5) is 13.9. The summed E-state index contributed by atoms with van der Waals surface area (Å²) in [7, 11) is 1.30. The van der Waals surface area contributed by atoms with Crippen molar-refractivity contribution in [1.29, 1.82) is 0 Å². The second kappa shape index (κ2) is 6.78. The Morgan fingerprint density at radius 1 is 1.20 bits per heavy atom. The topological polar surface area (TPSA) is 29.5 Å². The number of methoxy groups -OCH3 is 1. The summed E-state index contributed by atoms with van der Waals surface area (Å²) in [6.07, 6.45) is -3.37. The molecule has 0 bridgehead atoms. The van der Waals surface area contributed by atoms with Crippen molar-refractivity contribution in [2.45, 2.75) is 31.6 Å². The fourth-order valence-electron chi connectivity index (χ4n) is 3.19. The number of carbonyl (C=O) groups is 1. The molecule has 0 N–H and O–H groups in total. The van der Waals surface area contributed by atoms with Gasteiger partial charge in [-0.05, 0) is 36.1 Å². The van der Waals surface area contributed by atoms with Crippen LogP contribution < -0.4 is 4.90 Å². The number of aryl methyl sites for hydroxylation is 1. The Balaban J connectivity index is 2.04. The van der Waals surface area contributed by atoms with Crippen molar-refractivity contribution < 1.29 is 22.7 Å². The molecule has 3 nitrogen and oxygen atoms in total. The Kier molecular flexibility index (Phi) is 4.70. The molecule has 1 atom stereocenters. The standard InChI is InChI=1S/C19H18F3NO2/c1-25-18(24)16-10-8-14-7-9-15(19(20,21)22)11-17(14)23(16)12-13-5-3-2-4-6-13/h2-7,9,11,16H,8,10,12H2,1H3. The molecule has 0 aromatic heterocycles. The van der Waals surface area contributed by atoms with Gasteiger partial charge < -0.3 is 9.64 Å². The van der Waals surface area contributed by atoms with Crippen molar-refractivity contribution in [3.63, 3.8) is 0 Å². The first-order valence-electron chi connectivity index (χ1n) is 7.98. The number of anilines is 1. The molecule has 0 radical (unpaired) electrons. The van der Waals surface area contributed by atoms with Gasteiger partial charge in [0, 0.05) is 12.2 Å². The summed E-state index contributed by atoms with van der Waals surface area (Å²) in [5, 5.41) is 0. The summed E-state index contributed by atoms with van der Waals surface area (Å²) in [6.45, 7) is 0.342. The SMILES string of the molecule is COC(=O)C1CCc2ccc(C(F)(F)F)cc2N1Cc1ccccc1. The third-order valence-electron chi connectivity index (χ3n) is 4.45. The van der Waals surface area contributed by atoms with Crippen molar-refractivity contribution in [2.24, 2.45) is 0 Å². The lowest BCUT2D eigenvalue weighted by Gasteiger charge is -2.37. The molecule has 0 saturated carbocycles. The highest BCUT2D eigenvalue weighted by Crippen LogP contribution is 2.38. The van der Waals surface area contributed by atoms with Crippen molar-refractivity contribution in [3.05, 3.63) is 65.2 Å². The van der Waals surface area contributed by atoms with Crippen LogP contribution in [0.5, 0.6) is 0 Å². The number of halogens is 3. The summed E-state index contributed by atoms with van der Waals surface area (Å²) in [5.74, 6) is -0.431. The van der Waals surface area contributed by atoms with E-state index in [2.05, 4.69) is 0 Å². The van der Waals surface area contributed by atoms with Gasteiger partial charge in [-0.25, -0.2) is 4.79 Å². The summed E-state index contributed by atoms with van der Waals surface area (Å²) < 4.78 is 44.2. The van der Waals surface area contributed by atoms with Gasteiger partial charge in [0.2, 0.25) is 0 Å². The van der Waals surface area contributed by atoms with Gasteiger partial charge in [-0.2, -0.15) is 13.2 Å². The Bertz CT molecular complexity index is 759. The Hall–Kier alpha value is -2.50. The maximum Gasteiger partial charge on any atom is 0.416 e. The molecule has 1 aliphatic rings. The summed E-state index contributed by atoms with van der Waals surface area (Å²) in [6, 6.07) is 12.5. The molecular weight excluding hydrogens is 331 g/mol. The van der Waals surface area contributed by atoms with Gasteiger partial charge in [-0.15, -0.1) is 0 Å². The van der Waals surface area contributed by atoms with E-state index >= 15 is 0 Å². The van der Waals surface area contributed by atoms with Crippen LogP contribution in [0.25, 0.3) is 0 Å². The van der Waals surface area contributed by atoms with E-state index in [9.17, 15) is 18.0 Å². The number of carbonyl (C=O) groups excluding carboxylic acids is 1. The molecule has 1 heterocycles. The van der Waals surface area contributed by atoms with E-state index in [1.165, 1.54) is 13.2 Å². The highest BCUT2D eigenvalue weighted by molar-refractivity contribution is 5.81. The molecule has 1 unspecified atom stereocenters. The molecule has 2 aromatic rings. The number of fused-ring (bicyclic) bond motifs is 1. The minimum atomic E-state index is -4.42. The molecule has 3 rings (SSSR count). The maximum absolute atomic E-state index is 13.1. The summed E-state index contributed by atoms with van der Waals surface area (Å²) >= 11 is 0. The molecule has 0 spiro atoms. The highest BCUT2D eigenvalue weighted by Gasteiger charge is 2.36. The normalized spacial score (nSPS) is 17.1. The second-order valence-electron chi connectivity index (χ2n) is 6.03. The predicted molar refractivity (Wildman–Crippen MR) is 88.2 cm³/mol. The fraction of sp³-hybridized carbons (Fsp3) is 0.316. The van der Waals surface area contributed by atoms with Crippen molar-refractivity contribution in [1.82, 2.24) is 0 Å². The Labute approximate surface area is 144 Å². The van der Waals surface area contributed by atoms with E-state index in [0.717, 1.165) is 23.3 Å². The van der Waals surface area contributed by atoms with Crippen LogP contribution in [-0.4, -0.2) is 19.1 Å². The predicted octanol–water partition coefficient (Wildman–Crippen LogP) is 4.20. The molecule has 6 heteroatoms. The number of hydrogen-bond donors (Lipinski definition) is 0. The summed E-state index contributed by atoms with van der Waals surface area (Å²) in [5.41, 5.74) is 1.46. The minimum Gasteiger partial charge on any atom is -0.467 e. The molecule has 25 heavy (non-hydrogen) atoms. The largest absolute Gasteiger partial charge is 0.467 e. The quantitative estimate of drug-likeness (QED) is 0.778. The number of rotatable bonds is 3. The van der Waals surface area contributed by atoms with Gasteiger partial charge in [0.05, 0.1) is 12.7 Å². The molecule has 0 aliphatic carbocycles. The first kappa shape index (κ1) is 17.3. The zero-order valence-corrected chi connectivity index (χ0v) is 13.7. The smallest absolute Gasteiger partial charge is 0.416 e. The van der Waals surface area contributed by atoms with Gasteiger partial charge in [-0.3, -0.25) is 0 Å². The van der Waals surface area contributed by atoms with Gasteiger partial charge in [0.1, 0.15) is 6.04 Å². The molecule has 0 fully saturated rings. The monoisotopic (exact) mass is 349 g/mol. The van der Waals surface area contributed by atoms with Crippen LogP contribution in [-0.2, 0) is 28.7 Å². The van der Waals surface area contributed by atoms with Crippen LogP contribution in [0.4, 0.5) is 18.9 Å². The number of esters is 1. The molecule has 0 amide bonds. The van der Waals surface area contributed by atoms with Crippen LogP contribution in [0.1, 0.15) is 23.1 Å². The molecular formula is C19H18F3NO2. The Morgan fingerprint density at radius 2 is 1.92 bits per heavy atom. The lowest BCUT2D eigenvalue weighted by molar-refractivity contribution is -0.142. The molecule has 2 aromatic carbocycles. The van der Waals surface area contributed by atoms with Crippen molar-refractivity contribution in [2.75, 3.05) is 12.0 Å². The van der Waals surface area contributed by atoms with E-state index in [-0.39, 0.29) is 0 Å². The average molecular weight is 349 g/mol. The highest BCUT2D eigenvalue weighted by atomic mass is 19.4. The minimum absolute atomic E-state index is 0.342.